The second kappa shape index (κ2) is 9.78. The first-order valence-electron chi connectivity index (χ1n) is 9.29. The number of ether oxygens (including phenoxy) is 2. The molecule has 0 aliphatic heterocycles. The Morgan fingerprint density at radius 1 is 1.04 bits per heavy atom. The first-order chi connectivity index (χ1) is 13.3. The van der Waals surface area contributed by atoms with E-state index in [1.165, 1.54) is 6.92 Å². The van der Waals surface area contributed by atoms with Crippen LogP contribution in [-0.2, 0) is 4.79 Å². The van der Waals surface area contributed by atoms with Gasteiger partial charge in [0.15, 0.2) is 11.5 Å². The number of nitrogens with one attached hydrogen (secondary N) is 2. The monoisotopic (exact) mass is 384 g/mol. The Hall–Kier alpha value is -3.02. The van der Waals surface area contributed by atoms with E-state index in [2.05, 4.69) is 24.5 Å². The molecule has 0 aliphatic carbocycles. The molecule has 2 aromatic carbocycles. The molecule has 0 spiro atoms. The zero-order chi connectivity index (χ0) is 20.7. The second-order valence-electron chi connectivity index (χ2n) is 7.07. The van der Waals surface area contributed by atoms with Crippen LogP contribution < -0.4 is 20.1 Å². The van der Waals surface area contributed by atoms with Gasteiger partial charge in [0.2, 0.25) is 5.91 Å². The molecule has 0 saturated carbocycles. The van der Waals surface area contributed by atoms with Crippen LogP contribution in [0.1, 0.15) is 49.7 Å². The summed E-state index contributed by atoms with van der Waals surface area (Å²) >= 11 is 0. The van der Waals surface area contributed by atoms with E-state index in [0.29, 0.717) is 35.3 Å². The maximum absolute atomic E-state index is 12.6. The molecule has 0 unspecified atom stereocenters. The van der Waals surface area contributed by atoms with Crippen LogP contribution in [0.3, 0.4) is 0 Å². The first-order valence-corrected chi connectivity index (χ1v) is 9.29. The highest BCUT2D eigenvalue weighted by atomic mass is 16.5. The Bertz CT molecular complexity index is 833. The molecule has 0 fully saturated rings. The molecule has 2 N–H and O–H groups in total. The maximum atomic E-state index is 12.6. The lowest BCUT2D eigenvalue weighted by molar-refractivity contribution is -0.114. The number of hydrogen-bond acceptors (Lipinski definition) is 4. The van der Waals surface area contributed by atoms with Crippen molar-refractivity contribution in [1.29, 1.82) is 0 Å². The summed E-state index contributed by atoms with van der Waals surface area (Å²) in [6, 6.07) is 12.2. The van der Waals surface area contributed by atoms with Gasteiger partial charge in [0, 0.05) is 18.2 Å². The maximum Gasteiger partial charge on any atom is 0.251 e. The predicted octanol–water partition coefficient (Wildman–Crippen LogP) is 4.18. The first kappa shape index (κ1) is 21.3. The van der Waals surface area contributed by atoms with Crippen molar-refractivity contribution < 1.29 is 19.1 Å². The molecule has 0 saturated heterocycles. The Morgan fingerprint density at radius 3 is 2.43 bits per heavy atom. The molecular formula is C22H28N2O4. The summed E-state index contributed by atoms with van der Waals surface area (Å²) in [5, 5.41) is 5.64. The number of carbonyl (C=O) groups excluding carboxylic acids is 2. The lowest BCUT2D eigenvalue weighted by atomic mass is 10.1. The van der Waals surface area contributed by atoms with Gasteiger partial charge in [0.25, 0.3) is 5.91 Å². The highest BCUT2D eigenvalue weighted by Crippen LogP contribution is 2.30. The highest BCUT2D eigenvalue weighted by Gasteiger charge is 2.15. The van der Waals surface area contributed by atoms with Gasteiger partial charge < -0.3 is 20.1 Å². The third-order valence-corrected chi connectivity index (χ3v) is 4.05. The summed E-state index contributed by atoms with van der Waals surface area (Å²) in [7, 11) is 1.60. The van der Waals surface area contributed by atoms with Gasteiger partial charge >= 0.3 is 0 Å². The standard InChI is InChI=1S/C22H28N2O4/c1-14(2)13-28-20-10-9-17(12-21(20)27-5)15(3)23-22(26)18-7-6-8-19(11-18)24-16(4)25/h6-12,14-15H,13H2,1-5H3,(H,23,26)(H,24,25)/t15-/m1/s1. The van der Waals surface area contributed by atoms with Crippen LogP contribution in [0, 0.1) is 5.92 Å². The molecule has 28 heavy (non-hydrogen) atoms. The number of hydrogen-bond donors (Lipinski definition) is 2. The van der Waals surface area contributed by atoms with Gasteiger partial charge in [-0.25, -0.2) is 0 Å². The molecule has 0 bridgehead atoms. The van der Waals surface area contributed by atoms with Crippen molar-refractivity contribution in [3.05, 3.63) is 53.6 Å². The van der Waals surface area contributed by atoms with E-state index >= 15 is 0 Å². The summed E-state index contributed by atoms with van der Waals surface area (Å²) in [6.07, 6.45) is 0. The van der Waals surface area contributed by atoms with Gasteiger partial charge in [0.1, 0.15) is 0 Å². The van der Waals surface area contributed by atoms with Crippen LogP contribution in [0.4, 0.5) is 5.69 Å². The van der Waals surface area contributed by atoms with Crippen molar-refractivity contribution in [2.75, 3.05) is 19.0 Å². The van der Waals surface area contributed by atoms with Gasteiger partial charge in [-0.1, -0.05) is 26.0 Å². The Balaban J connectivity index is 2.10. The summed E-state index contributed by atoms with van der Waals surface area (Å²) in [6.45, 7) is 8.10. The lowest BCUT2D eigenvalue weighted by Crippen LogP contribution is -2.26. The van der Waals surface area contributed by atoms with Crippen LogP contribution in [-0.4, -0.2) is 25.5 Å². The van der Waals surface area contributed by atoms with Gasteiger partial charge in [-0.15, -0.1) is 0 Å². The SMILES string of the molecule is COc1cc([C@@H](C)NC(=O)c2cccc(NC(C)=O)c2)ccc1OCC(C)C. The van der Waals surface area contributed by atoms with Gasteiger partial charge in [0.05, 0.1) is 19.8 Å². The number of carbonyl (C=O) groups is 2. The number of amides is 2. The van der Waals surface area contributed by atoms with Crippen molar-refractivity contribution >= 4 is 17.5 Å². The van der Waals surface area contributed by atoms with Crippen LogP contribution in [0.5, 0.6) is 11.5 Å². The van der Waals surface area contributed by atoms with E-state index in [9.17, 15) is 9.59 Å². The molecule has 6 nitrogen and oxygen atoms in total. The van der Waals surface area contributed by atoms with Gasteiger partial charge in [-0.3, -0.25) is 9.59 Å². The minimum absolute atomic E-state index is 0.183. The fourth-order valence-corrected chi connectivity index (χ4v) is 2.63. The van der Waals surface area contributed by atoms with E-state index < -0.39 is 0 Å². The van der Waals surface area contributed by atoms with Crippen LogP contribution >= 0.6 is 0 Å². The van der Waals surface area contributed by atoms with E-state index in [1.807, 2.05) is 25.1 Å². The fourth-order valence-electron chi connectivity index (χ4n) is 2.63. The highest BCUT2D eigenvalue weighted by molar-refractivity contribution is 5.97. The van der Waals surface area contributed by atoms with Gasteiger partial charge in [-0.05, 0) is 48.7 Å². The molecule has 2 amide bonds. The van der Waals surface area contributed by atoms with Crippen molar-refractivity contribution in [2.24, 2.45) is 5.92 Å². The van der Waals surface area contributed by atoms with Crippen molar-refractivity contribution in [1.82, 2.24) is 5.32 Å². The summed E-state index contributed by atoms with van der Waals surface area (Å²) in [4.78, 5) is 23.8. The average molecular weight is 384 g/mol. The largest absolute Gasteiger partial charge is 0.493 e. The fraction of sp³-hybridized carbons (Fsp3) is 0.364. The van der Waals surface area contributed by atoms with Crippen molar-refractivity contribution in [2.45, 2.75) is 33.7 Å². The number of methoxy groups -OCH3 is 1. The molecule has 1 atom stereocenters. The lowest BCUT2D eigenvalue weighted by Gasteiger charge is -2.18. The smallest absolute Gasteiger partial charge is 0.251 e. The molecule has 2 rings (SSSR count). The third kappa shape index (κ3) is 6.01. The topological polar surface area (TPSA) is 76.7 Å². The number of benzene rings is 2. The average Bonchev–Trinajstić information content (AvgIpc) is 2.65. The van der Waals surface area contributed by atoms with E-state index in [0.717, 1.165) is 5.56 Å². The molecule has 6 heteroatoms. The quantitative estimate of drug-likeness (QED) is 0.716. The molecule has 0 heterocycles. The Labute approximate surface area is 166 Å². The molecule has 2 aromatic rings. The van der Waals surface area contributed by atoms with E-state index in [4.69, 9.17) is 9.47 Å². The molecule has 0 aliphatic rings. The minimum atomic E-state index is -0.232. The van der Waals surface area contributed by atoms with Crippen molar-refractivity contribution in [3.8, 4) is 11.5 Å². The summed E-state index contributed by atoms with van der Waals surface area (Å²) < 4.78 is 11.2. The molecular weight excluding hydrogens is 356 g/mol. The number of rotatable bonds is 8. The third-order valence-electron chi connectivity index (χ3n) is 4.05. The predicted molar refractivity (Wildman–Crippen MR) is 110 cm³/mol. The van der Waals surface area contributed by atoms with Crippen molar-refractivity contribution in [3.63, 3.8) is 0 Å². The number of anilines is 1. The Kier molecular flexibility index (Phi) is 7.44. The normalized spacial score (nSPS) is 11.6. The van der Waals surface area contributed by atoms with Gasteiger partial charge in [-0.2, -0.15) is 0 Å². The van der Waals surface area contributed by atoms with Crippen LogP contribution in [0.15, 0.2) is 42.5 Å². The molecule has 0 radical (unpaired) electrons. The van der Waals surface area contributed by atoms with E-state index in [-0.39, 0.29) is 17.9 Å². The molecule has 150 valence electrons. The Morgan fingerprint density at radius 2 is 1.79 bits per heavy atom. The zero-order valence-corrected chi connectivity index (χ0v) is 17.0. The summed E-state index contributed by atoms with van der Waals surface area (Å²) in [5.74, 6) is 1.32. The molecule has 0 aromatic heterocycles. The zero-order valence-electron chi connectivity index (χ0n) is 17.0. The second-order valence-corrected chi connectivity index (χ2v) is 7.07. The van der Waals surface area contributed by atoms with Crippen LogP contribution in [0.2, 0.25) is 0 Å². The van der Waals surface area contributed by atoms with E-state index in [1.54, 1.807) is 31.4 Å². The van der Waals surface area contributed by atoms with Crippen LogP contribution in [0.25, 0.3) is 0 Å². The summed E-state index contributed by atoms with van der Waals surface area (Å²) in [5.41, 5.74) is 1.96. The minimum Gasteiger partial charge on any atom is -0.493 e.